The quantitative estimate of drug-likeness (QED) is 0.423. The summed E-state index contributed by atoms with van der Waals surface area (Å²) in [6, 6.07) is 10.2. The van der Waals surface area contributed by atoms with Gasteiger partial charge in [0.05, 0.1) is 23.7 Å². The molecule has 1 aliphatic carbocycles. The van der Waals surface area contributed by atoms with Crippen LogP contribution in [-0.4, -0.2) is 62.6 Å². The minimum Gasteiger partial charge on any atom is -0.483 e. The van der Waals surface area contributed by atoms with E-state index in [1.54, 1.807) is 6.07 Å². The number of ether oxygens (including phenoxy) is 1. The van der Waals surface area contributed by atoms with Crippen LogP contribution in [-0.2, 0) is 15.8 Å². The van der Waals surface area contributed by atoms with E-state index >= 15 is 0 Å². The number of hydrogen-bond donors (Lipinski definition) is 0. The van der Waals surface area contributed by atoms with Crippen molar-refractivity contribution in [2.24, 2.45) is 0 Å². The molecule has 0 radical (unpaired) electrons. The number of aromatic nitrogens is 2. The first-order valence-electron chi connectivity index (χ1n) is 12.7. The second-order valence-corrected chi connectivity index (χ2v) is 11.8. The van der Waals surface area contributed by atoms with E-state index < -0.39 is 27.2 Å². The van der Waals surface area contributed by atoms with Crippen LogP contribution in [0.4, 0.5) is 14.5 Å². The number of anilines is 1. The first-order chi connectivity index (χ1) is 18.2. The first-order valence-corrected chi connectivity index (χ1v) is 14.3. The average molecular weight is 542 g/mol. The van der Waals surface area contributed by atoms with Crippen molar-refractivity contribution in [1.82, 2.24) is 14.1 Å². The number of piperazine rings is 1. The Kier molecular flexibility index (Phi) is 7.53. The second kappa shape index (κ2) is 10.9. The van der Waals surface area contributed by atoms with E-state index in [2.05, 4.69) is 5.10 Å². The smallest absolute Gasteiger partial charge is 0.316 e. The molecule has 0 atom stereocenters. The molecule has 8 nitrogen and oxygen atoms in total. The Morgan fingerprint density at radius 2 is 1.68 bits per heavy atom. The number of hydrogen-bond acceptors (Lipinski definition) is 6. The van der Waals surface area contributed by atoms with Gasteiger partial charge in [-0.15, -0.1) is 0 Å². The Bertz CT molecular complexity index is 1470. The molecule has 3 aromatic rings. The second-order valence-electron chi connectivity index (χ2n) is 9.86. The Balaban J connectivity index is 1.39. The summed E-state index contributed by atoms with van der Waals surface area (Å²) >= 11 is 0. The standard InChI is InChI=1S/C26H29BF2N4O4S/c27-19-5-3-4-18(12-19)17-38(35,36)32-10-8-31(9-11-32)24-16-30-33(22-14-20(28)13-21(29)15-22)26(34)25(24)37-23-6-1-2-7-23/h3-5,12-16,23H,1-2,6-11,17,27H2. The molecule has 2 heterocycles. The van der Waals surface area contributed by atoms with E-state index in [9.17, 15) is 22.0 Å². The largest absolute Gasteiger partial charge is 0.483 e. The zero-order valence-corrected chi connectivity index (χ0v) is 22.0. The predicted molar refractivity (Wildman–Crippen MR) is 144 cm³/mol. The van der Waals surface area contributed by atoms with Gasteiger partial charge in [0.25, 0.3) is 0 Å². The van der Waals surface area contributed by atoms with Gasteiger partial charge in [-0.2, -0.15) is 14.1 Å². The Morgan fingerprint density at radius 3 is 2.34 bits per heavy atom. The maximum atomic E-state index is 13.9. The lowest BCUT2D eigenvalue weighted by atomic mass is 9.95. The molecule has 38 heavy (non-hydrogen) atoms. The van der Waals surface area contributed by atoms with Gasteiger partial charge < -0.3 is 9.64 Å². The molecule has 5 rings (SSSR count). The fourth-order valence-corrected chi connectivity index (χ4v) is 6.60. The van der Waals surface area contributed by atoms with Gasteiger partial charge in [0.2, 0.25) is 15.8 Å². The van der Waals surface area contributed by atoms with Gasteiger partial charge >= 0.3 is 5.56 Å². The Labute approximate surface area is 221 Å². The van der Waals surface area contributed by atoms with Crippen LogP contribution in [0.3, 0.4) is 0 Å². The van der Waals surface area contributed by atoms with E-state index in [0.717, 1.165) is 59.6 Å². The minimum atomic E-state index is -3.52. The highest BCUT2D eigenvalue weighted by atomic mass is 32.2. The summed E-state index contributed by atoms with van der Waals surface area (Å²) in [6.45, 7) is 1.17. The van der Waals surface area contributed by atoms with Crippen molar-refractivity contribution in [3.8, 4) is 11.4 Å². The average Bonchev–Trinajstić information content (AvgIpc) is 3.38. The molecule has 200 valence electrons. The van der Waals surface area contributed by atoms with Crippen molar-refractivity contribution in [3.63, 3.8) is 0 Å². The van der Waals surface area contributed by atoms with Crippen LogP contribution in [0, 0.1) is 11.6 Å². The minimum absolute atomic E-state index is 0.0395. The summed E-state index contributed by atoms with van der Waals surface area (Å²) in [7, 11) is -1.60. The SMILES string of the molecule is Bc1cccc(CS(=O)(=O)N2CCN(c3cnn(-c4cc(F)cc(F)c4)c(=O)c3OC3CCCC3)CC2)c1. The lowest BCUT2D eigenvalue weighted by molar-refractivity contribution is 0.205. The summed E-state index contributed by atoms with van der Waals surface area (Å²) in [5.41, 5.74) is 1.53. The summed E-state index contributed by atoms with van der Waals surface area (Å²) < 4.78 is 62.4. The number of sulfonamides is 1. The zero-order valence-electron chi connectivity index (χ0n) is 21.1. The van der Waals surface area contributed by atoms with Gasteiger partial charge in [0.1, 0.15) is 25.2 Å². The molecule has 2 fully saturated rings. The van der Waals surface area contributed by atoms with Gasteiger partial charge in [-0.1, -0.05) is 29.7 Å². The van der Waals surface area contributed by atoms with Gasteiger partial charge in [0, 0.05) is 32.2 Å². The van der Waals surface area contributed by atoms with E-state index in [1.165, 1.54) is 10.5 Å². The molecule has 0 bridgehead atoms. The number of halogens is 2. The summed E-state index contributed by atoms with van der Waals surface area (Å²) in [5, 5.41) is 4.19. The molecule has 2 aromatic carbocycles. The summed E-state index contributed by atoms with van der Waals surface area (Å²) in [4.78, 5) is 15.4. The number of rotatable bonds is 7. The molecule has 0 N–H and O–H groups in total. The fourth-order valence-electron chi connectivity index (χ4n) is 5.09. The number of nitrogens with zero attached hydrogens (tertiary/aromatic N) is 4. The van der Waals surface area contributed by atoms with Gasteiger partial charge in [0.15, 0.2) is 0 Å². The molecule has 2 aliphatic rings. The van der Waals surface area contributed by atoms with Crippen molar-refractivity contribution in [2.75, 3.05) is 31.1 Å². The van der Waals surface area contributed by atoms with E-state index in [4.69, 9.17) is 4.74 Å². The normalized spacial score (nSPS) is 17.2. The van der Waals surface area contributed by atoms with Crippen LogP contribution in [0.1, 0.15) is 31.2 Å². The highest BCUT2D eigenvalue weighted by molar-refractivity contribution is 7.88. The van der Waals surface area contributed by atoms with E-state index in [0.29, 0.717) is 18.8 Å². The summed E-state index contributed by atoms with van der Waals surface area (Å²) in [5.74, 6) is -1.65. The van der Waals surface area contributed by atoms with Gasteiger partial charge in [-0.05, 0) is 43.4 Å². The van der Waals surface area contributed by atoms with Crippen molar-refractivity contribution >= 4 is 29.0 Å². The van der Waals surface area contributed by atoms with Crippen LogP contribution in [0.15, 0.2) is 53.5 Å². The lowest BCUT2D eigenvalue weighted by Crippen LogP contribution is -2.49. The molecule has 0 unspecified atom stereocenters. The maximum absolute atomic E-state index is 13.9. The molecule has 0 amide bonds. The molecule has 1 aromatic heterocycles. The highest BCUT2D eigenvalue weighted by Gasteiger charge is 2.30. The van der Waals surface area contributed by atoms with Crippen molar-refractivity contribution in [1.29, 1.82) is 0 Å². The molecule has 1 saturated carbocycles. The molecular weight excluding hydrogens is 513 g/mol. The van der Waals surface area contributed by atoms with Crippen LogP contribution < -0.4 is 20.7 Å². The molecule has 1 saturated heterocycles. The zero-order chi connectivity index (χ0) is 26.9. The van der Waals surface area contributed by atoms with Gasteiger partial charge in [-0.25, -0.2) is 17.2 Å². The molecule has 0 spiro atoms. The van der Waals surface area contributed by atoms with Crippen LogP contribution in [0.2, 0.25) is 0 Å². The molecule has 1 aliphatic heterocycles. The first kappa shape index (κ1) is 26.4. The maximum Gasteiger partial charge on any atom is 0.316 e. The monoisotopic (exact) mass is 542 g/mol. The van der Waals surface area contributed by atoms with Crippen molar-refractivity contribution < 1.29 is 21.9 Å². The molecular formula is C26H29BF2N4O4S. The number of benzene rings is 2. The van der Waals surface area contributed by atoms with E-state index in [-0.39, 0.29) is 36.4 Å². The predicted octanol–water partition coefficient (Wildman–Crippen LogP) is 1.74. The lowest BCUT2D eigenvalue weighted by Gasteiger charge is -2.36. The third-order valence-electron chi connectivity index (χ3n) is 7.00. The fraction of sp³-hybridized carbons (Fsp3) is 0.385. The van der Waals surface area contributed by atoms with Crippen LogP contribution in [0.5, 0.6) is 5.75 Å². The van der Waals surface area contributed by atoms with Gasteiger partial charge in [-0.3, -0.25) is 4.79 Å². The summed E-state index contributed by atoms with van der Waals surface area (Å²) in [6.07, 6.45) is 4.91. The van der Waals surface area contributed by atoms with Crippen molar-refractivity contribution in [2.45, 2.75) is 37.5 Å². The van der Waals surface area contributed by atoms with E-state index in [1.807, 2.05) is 30.9 Å². The van der Waals surface area contributed by atoms with Crippen molar-refractivity contribution in [3.05, 3.63) is 76.2 Å². The highest BCUT2D eigenvalue weighted by Crippen LogP contribution is 2.30. The third kappa shape index (κ3) is 5.76. The Morgan fingerprint density at radius 1 is 1.00 bits per heavy atom. The third-order valence-corrected chi connectivity index (χ3v) is 8.85. The van der Waals surface area contributed by atoms with Crippen LogP contribution in [0.25, 0.3) is 5.69 Å². The van der Waals surface area contributed by atoms with Crippen LogP contribution >= 0.6 is 0 Å². The molecule has 12 heteroatoms. The Hall–Kier alpha value is -3.25. The topological polar surface area (TPSA) is 84.7 Å².